The van der Waals surface area contributed by atoms with Crippen molar-refractivity contribution in [1.29, 1.82) is 0 Å². The van der Waals surface area contributed by atoms with Crippen molar-refractivity contribution in [2.75, 3.05) is 20.2 Å². The lowest BCUT2D eigenvalue weighted by Crippen LogP contribution is -2.41. The summed E-state index contributed by atoms with van der Waals surface area (Å²) in [6.07, 6.45) is 1.39. The van der Waals surface area contributed by atoms with E-state index in [2.05, 4.69) is 12.1 Å². The largest absolute Gasteiger partial charge is 0.444 e. The molecule has 0 spiro atoms. The van der Waals surface area contributed by atoms with Gasteiger partial charge in [0.1, 0.15) is 5.60 Å². The number of benzene rings is 1. The Bertz CT molecular complexity index is 481. The molecular weight excluding hydrogens is 266 g/mol. The summed E-state index contributed by atoms with van der Waals surface area (Å²) in [4.78, 5) is 13.9. The maximum Gasteiger partial charge on any atom is 0.410 e. The van der Waals surface area contributed by atoms with Crippen molar-refractivity contribution in [3.63, 3.8) is 0 Å². The van der Waals surface area contributed by atoms with Crippen molar-refractivity contribution < 1.29 is 14.3 Å². The van der Waals surface area contributed by atoms with Gasteiger partial charge in [0.25, 0.3) is 0 Å². The minimum absolute atomic E-state index is 0.255. The molecular formula is C17H25NO3. The normalized spacial score (nSPS) is 22.4. The summed E-state index contributed by atoms with van der Waals surface area (Å²) in [6.45, 7) is 6.90. The summed E-state index contributed by atoms with van der Waals surface area (Å²) < 4.78 is 11.2. The highest BCUT2D eigenvalue weighted by atomic mass is 16.6. The Kier molecular flexibility index (Phi) is 4.57. The van der Waals surface area contributed by atoms with Crippen molar-refractivity contribution in [3.05, 3.63) is 35.9 Å². The number of carbonyl (C=O) groups is 1. The predicted molar refractivity (Wildman–Crippen MR) is 82.3 cm³/mol. The summed E-state index contributed by atoms with van der Waals surface area (Å²) >= 11 is 0. The highest BCUT2D eigenvalue weighted by Crippen LogP contribution is 2.29. The van der Waals surface area contributed by atoms with Crippen LogP contribution in [0.4, 0.5) is 4.79 Å². The van der Waals surface area contributed by atoms with E-state index in [9.17, 15) is 4.79 Å². The van der Waals surface area contributed by atoms with Crippen LogP contribution in [-0.4, -0.2) is 42.4 Å². The van der Waals surface area contributed by atoms with Gasteiger partial charge in [-0.25, -0.2) is 4.79 Å². The van der Waals surface area contributed by atoms with Crippen molar-refractivity contribution in [3.8, 4) is 0 Å². The van der Waals surface area contributed by atoms with E-state index >= 15 is 0 Å². The molecule has 116 valence electrons. The molecule has 1 aliphatic heterocycles. The van der Waals surface area contributed by atoms with Crippen LogP contribution in [0, 0.1) is 0 Å². The van der Waals surface area contributed by atoms with Crippen LogP contribution >= 0.6 is 0 Å². The Labute approximate surface area is 127 Å². The van der Waals surface area contributed by atoms with Crippen LogP contribution in [0.5, 0.6) is 0 Å². The van der Waals surface area contributed by atoms with E-state index in [1.165, 1.54) is 5.56 Å². The molecule has 0 saturated carbocycles. The third kappa shape index (κ3) is 4.21. The van der Waals surface area contributed by atoms with Gasteiger partial charge in [-0.3, -0.25) is 0 Å². The summed E-state index contributed by atoms with van der Waals surface area (Å²) in [6, 6.07) is 10.2. The van der Waals surface area contributed by atoms with E-state index in [0.717, 1.165) is 12.8 Å². The number of nitrogens with zero attached hydrogens (tertiary/aromatic N) is 1. The molecule has 1 atom stereocenters. The van der Waals surface area contributed by atoms with Crippen molar-refractivity contribution >= 4 is 6.09 Å². The summed E-state index contributed by atoms with van der Waals surface area (Å²) in [5.74, 6) is 0. The summed E-state index contributed by atoms with van der Waals surface area (Å²) in [7, 11) is 1.72. The molecule has 0 N–H and O–H groups in total. The van der Waals surface area contributed by atoms with Crippen LogP contribution in [0.3, 0.4) is 0 Å². The molecule has 1 amide bonds. The molecule has 2 rings (SSSR count). The Hall–Kier alpha value is -1.55. The van der Waals surface area contributed by atoms with Crippen molar-refractivity contribution in [2.24, 2.45) is 0 Å². The van der Waals surface area contributed by atoms with Gasteiger partial charge in [0.05, 0.1) is 12.1 Å². The highest BCUT2D eigenvalue weighted by Gasteiger charge is 2.41. The lowest BCUT2D eigenvalue weighted by molar-refractivity contribution is -0.00923. The molecule has 4 nitrogen and oxygen atoms in total. The maximum absolute atomic E-state index is 12.2. The Balaban J connectivity index is 2.02. The molecule has 1 saturated heterocycles. The molecule has 0 bridgehead atoms. The van der Waals surface area contributed by atoms with Gasteiger partial charge in [0, 0.05) is 20.1 Å². The average Bonchev–Trinajstić information content (AvgIpc) is 2.83. The van der Waals surface area contributed by atoms with Gasteiger partial charge in [-0.15, -0.1) is 0 Å². The number of methoxy groups -OCH3 is 1. The number of amides is 1. The quantitative estimate of drug-likeness (QED) is 0.858. The van der Waals surface area contributed by atoms with Gasteiger partial charge in [0.15, 0.2) is 0 Å². The number of likely N-dealkylation sites (tertiary alicyclic amines) is 1. The number of ether oxygens (including phenoxy) is 2. The second-order valence-electron chi connectivity index (χ2n) is 6.70. The lowest BCUT2D eigenvalue weighted by Gasteiger charge is -2.29. The van der Waals surface area contributed by atoms with Crippen molar-refractivity contribution in [1.82, 2.24) is 4.90 Å². The lowest BCUT2D eigenvalue weighted by atomic mass is 9.93. The molecule has 1 aromatic carbocycles. The highest BCUT2D eigenvalue weighted by molar-refractivity contribution is 5.68. The summed E-state index contributed by atoms with van der Waals surface area (Å²) in [5.41, 5.74) is 0.456. The fourth-order valence-electron chi connectivity index (χ4n) is 2.68. The van der Waals surface area contributed by atoms with E-state index in [1.54, 1.807) is 12.0 Å². The van der Waals surface area contributed by atoms with E-state index < -0.39 is 5.60 Å². The monoisotopic (exact) mass is 291 g/mol. The zero-order valence-corrected chi connectivity index (χ0v) is 13.4. The van der Waals surface area contributed by atoms with E-state index in [-0.39, 0.29) is 11.7 Å². The molecule has 1 heterocycles. The molecule has 0 aromatic heterocycles. The molecule has 1 unspecified atom stereocenters. The minimum atomic E-state index is -0.463. The van der Waals surface area contributed by atoms with Crippen LogP contribution in [0.25, 0.3) is 0 Å². The standard InChI is InChI=1S/C17H25NO3/c1-16(2,3)21-15(19)18-11-10-17(13-18,20-4)12-14-8-6-5-7-9-14/h5-9H,10-13H2,1-4H3. The van der Waals surface area contributed by atoms with Crippen LogP contribution in [0.2, 0.25) is 0 Å². The van der Waals surface area contributed by atoms with E-state index in [1.807, 2.05) is 39.0 Å². The van der Waals surface area contributed by atoms with Crippen molar-refractivity contribution in [2.45, 2.75) is 44.8 Å². The van der Waals surface area contributed by atoms with Gasteiger partial charge < -0.3 is 14.4 Å². The molecule has 4 heteroatoms. The first-order valence-electron chi connectivity index (χ1n) is 7.41. The topological polar surface area (TPSA) is 38.8 Å². The predicted octanol–water partition coefficient (Wildman–Crippen LogP) is 3.26. The Morgan fingerprint density at radius 1 is 1.29 bits per heavy atom. The first-order valence-corrected chi connectivity index (χ1v) is 7.41. The zero-order valence-electron chi connectivity index (χ0n) is 13.4. The molecule has 1 aliphatic rings. The molecule has 0 aliphatic carbocycles. The van der Waals surface area contributed by atoms with Gasteiger partial charge >= 0.3 is 6.09 Å². The molecule has 0 radical (unpaired) electrons. The fourth-order valence-corrected chi connectivity index (χ4v) is 2.68. The van der Waals surface area contributed by atoms with Crippen LogP contribution in [0.1, 0.15) is 32.8 Å². The number of carbonyl (C=O) groups excluding carboxylic acids is 1. The fraction of sp³-hybridized carbons (Fsp3) is 0.588. The zero-order chi connectivity index (χ0) is 15.5. The number of rotatable bonds is 3. The second kappa shape index (κ2) is 6.06. The summed E-state index contributed by atoms with van der Waals surface area (Å²) in [5, 5.41) is 0. The van der Waals surface area contributed by atoms with Crippen LogP contribution in [0.15, 0.2) is 30.3 Å². The smallest absolute Gasteiger partial charge is 0.410 e. The van der Waals surface area contributed by atoms with Gasteiger partial charge in [-0.1, -0.05) is 30.3 Å². The molecule has 1 fully saturated rings. The third-order valence-electron chi connectivity index (χ3n) is 3.77. The SMILES string of the molecule is COC1(Cc2ccccc2)CCN(C(=O)OC(C)(C)C)C1. The minimum Gasteiger partial charge on any atom is -0.444 e. The number of hydrogen-bond donors (Lipinski definition) is 0. The van der Waals surface area contributed by atoms with Gasteiger partial charge in [0.2, 0.25) is 0 Å². The van der Waals surface area contributed by atoms with Gasteiger partial charge in [-0.2, -0.15) is 0 Å². The number of hydrogen-bond acceptors (Lipinski definition) is 3. The van der Waals surface area contributed by atoms with Crippen LogP contribution < -0.4 is 0 Å². The first kappa shape index (κ1) is 15.8. The Morgan fingerprint density at radius 2 is 1.95 bits per heavy atom. The average molecular weight is 291 g/mol. The second-order valence-corrected chi connectivity index (χ2v) is 6.70. The molecule has 21 heavy (non-hydrogen) atoms. The van der Waals surface area contributed by atoms with Crippen LogP contribution in [-0.2, 0) is 15.9 Å². The molecule has 1 aromatic rings. The third-order valence-corrected chi connectivity index (χ3v) is 3.77. The maximum atomic E-state index is 12.2. The van der Waals surface area contributed by atoms with Gasteiger partial charge in [-0.05, 0) is 32.8 Å². The van der Waals surface area contributed by atoms with E-state index in [0.29, 0.717) is 13.1 Å². The van der Waals surface area contributed by atoms with E-state index in [4.69, 9.17) is 9.47 Å². The Morgan fingerprint density at radius 3 is 2.52 bits per heavy atom. The first-order chi connectivity index (χ1) is 9.84.